The third kappa shape index (κ3) is 4.16. The maximum atomic E-state index is 5.88. The van der Waals surface area contributed by atoms with E-state index in [0.717, 1.165) is 22.1 Å². The molecule has 0 spiro atoms. The van der Waals surface area contributed by atoms with Crippen molar-refractivity contribution in [3.8, 4) is 22.8 Å². The molecule has 30 heavy (non-hydrogen) atoms. The van der Waals surface area contributed by atoms with Gasteiger partial charge in [-0.2, -0.15) is 0 Å². The van der Waals surface area contributed by atoms with Crippen LogP contribution in [0.4, 0.5) is 0 Å². The maximum Gasteiger partial charge on any atom is 0.247 e. The molecule has 0 bridgehead atoms. The lowest BCUT2D eigenvalue weighted by atomic mass is 9.87. The Balaban J connectivity index is 1.51. The average molecular weight is 420 g/mol. The van der Waals surface area contributed by atoms with Crippen LogP contribution in [0.15, 0.2) is 64.2 Å². The normalized spacial score (nSPS) is 12.8. The summed E-state index contributed by atoms with van der Waals surface area (Å²) in [6.07, 6.45) is 0. The molecule has 4 aromatic rings. The first-order valence-electron chi connectivity index (χ1n) is 9.89. The molecule has 0 fully saturated rings. The zero-order valence-corrected chi connectivity index (χ0v) is 18.6. The minimum absolute atomic E-state index is 0.0472. The van der Waals surface area contributed by atoms with Gasteiger partial charge in [0.25, 0.3) is 0 Å². The van der Waals surface area contributed by atoms with Crippen molar-refractivity contribution < 1.29 is 4.42 Å². The summed E-state index contributed by atoms with van der Waals surface area (Å²) in [5.74, 6) is 1.93. The molecule has 1 atom stereocenters. The van der Waals surface area contributed by atoms with Gasteiger partial charge in [0.2, 0.25) is 11.8 Å². The van der Waals surface area contributed by atoms with Crippen molar-refractivity contribution in [2.24, 2.45) is 7.05 Å². The van der Waals surface area contributed by atoms with Gasteiger partial charge in [-0.15, -0.1) is 20.4 Å². The van der Waals surface area contributed by atoms with Gasteiger partial charge in [0, 0.05) is 18.2 Å². The van der Waals surface area contributed by atoms with E-state index in [2.05, 4.69) is 65.4 Å². The van der Waals surface area contributed by atoms with E-state index in [1.54, 1.807) is 11.8 Å². The van der Waals surface area contributed by atoms with Crippen LogP contribution in [0.2, 0.25) is 0 Å². The number of thioether (sulfide) groups is 1. The quantitative estimate of drug-likeness (QED) is 0.387. The molecule has 0 N–H and O–H groups in total. The molecule has 2 heterocycles. The molecule has 0 saturated heterocycles. The Bertz CT molecular complexity index is 1130. The van der Waals surface area contributed by atoms with Gasteiger partial charge in [-0.05, 0) is 30.0 Å². The summed E-state index contributed by atoms with van der Waals surface area (Å²) in [5.41, 5.74) is 3.37. The van der Waals surface area contributed by atoms with Crippen molar-refractivity contribution in [3.63, 3.8) is 0 Å². The van der Waals surface area contributed by atoms with Crippen LogP contribution in [0, 0.1) is 0 Å². The van der Waals surface area contributed by atoms with Crippen LogP contribution in [-0.4, -0.2) is 25.0 Å². The molecule has 0 aliphatic heterocycles. The van der Waals surface area contributed by atoms with E-state index in [1.807, 2.05) is 48.9 Å². The number of hydrogen-bond acceptors (Lipinski definition) is 6. The van der Waals surface area contributed by atoms with Gasteiger partial charge >= 0.3 is 0 Å². The molecule has 7 heteroatoms. The smallest absolute Gasteiger partial charge is 0.247 e. The molecule has 0 aliphatic carbocycles. The van der Waals surface area contributed by atoms with Crippen LogP contribution in [0.1, 0.15) is 44.4 Å². The lowest BCUT2D eigenvalue weighted by Gasteiger charge is -2.19. The zero-order valence-electron chi connectivity index (χ0n) is 17.8. The van der Waals surface area contributed by atoms with Crippen molar-refractivity contribution in [1.82, 2.24) is 25.0 Å². The van der Waals surface area contributed by atoms with Crippen LogP contribution in [-0.2, 0) is 12.5 Å². The lowest BCUT2D eigenvalue weighted by molar-refractivity contribution is 0.508. The largest absolute Gasteiger partial charge is 0.419 e. The number of rotatable bonds is 5. The topological polar surface area (TPSA) is 69.6 Å². The number of benzene rings is 2. The van der Waals surface area contributed by atoms with Crippen LogP contribution in [0.5, 0.6) is 0 Å². The van der Waals surface area contributed by atoms with Gasteiger partial charge in [0.05, 0.1) is 5.25 Å². The Morgan fingerprint density at radius 2 is 1.57 bits per heavy atom. The first kappa shape index (κ1) is 20.3. The second-order valence-corrected chi connectivity index (χ2v) is 9.57. The van der Waals surface area contributed by atoms with E-state index in [-0.39, 0.29) is 10.7 Å². The Hall–Kier alpha value is -2.93. The summed E-state index contributed by atoms with van der Waals surface area (Å²) in [6.45, 7) is 8.66. The summed E-state index contributed by atoms with van der Waals surface area (Å²) in [5, 5.41) is 17.9. The van der Waals surface area contributed by atoms with Crippen LogP contribution < -0.4 is 0 Å². The average Bonchev–Trinajstić information content (AvgIpc) is 3.36. The summed E-state index contributed by atoms with van der Waals surface area (Å²) < 4.78 is 7.88. The SMILES string of the molecule is C[C@@H](Sc1nnc(-c2ccc(C(C)(C)C)cc2)n1C)c1nnc(-c2ccccc2)o1. The predicted octanol–water partition coefficient (Wildman–Crippen LogP) is 5.68. The van der Waals surface area contributed by atoms with Crippen molar-refractivity contribution in [2.75, 3.05) is 0 Å². The third-order valence-electron chi connectivity index (χ3n) is 4.94. The molecule has 0 saturated carbocycles. The van der Waals surface area contributed by atoms with E-state index in [0.29, 0.717) is 11.8 Å². The second-order valence-electron chi connectivity index (χ2n) is 8.26. The number of hydrogen-bond donors (Lipinski definition) is 0. The Morgan fingerprint density at radius 3 is 2.23 bits per heavy atom. The van der Waals surface area contributed by atoms with Crippen molar-refractivity contribution in [1.29, 1.82) is 0 Å². The van der Waals surface area contributed by atoms with Crippen LogP contribution in [0.3, 0.4) is 0 Å². The Labute approximate surface area is 180 Å². The van der Waals surface area contributed by atoms with Crippen LogP contribution >= 0.6 is 11.8 Å². The molecular weight excluding hydrogens is 394 g/mol. The number of aromatic nitrogens is 5. The van der Waals surface area contributed by atoms with Gasteiger partial charge in [0.1, 0.15) is 0 Å². The fourth-order valence-electron chi connectivity index (χ4n) is 3.09. The van der Waals surface area contributed by atoms with E-state index >= 15 is 0 Å². The van der Waals surface area contributed by atoms with Gasteiger partial charge in [0.15, 0.2) is 11.0 Å². The molecule has 0 unspecified atom stereocenters. The molecule has 0 radical (unpaired) electrons. The summed E-state index contributed by atoms with van der Waals surface area (Å²) in [6, 6.07) is 18.3. The highest BCUT2D eigenvalue weighted by molar-refractivity contribution is 7.99. The van der Waals surface area contributed by atoms with Gasteiger partial charge in [-0.25, -0.2) is 0 Å². The predicted molar refractivity (Wildman–Crippen MR) is 119 cm³/mol. The number of nitrogens with zero attached hydrogens (tertiary/aromatic N) is 5. The standard InChI is InChI=1S/C23H25N5OS/c1-15(20-25-26-21(29-20)17-9-7-6-8-10-17)30-22-27-24-19(28(22)5)16-11-13-18(14-12-16)23(2,3)4/h6-15H,1-5H3/t15-/m1/s1. The van der Waals surface area contributed by atoms with E-state index < -0.39 is 0 Å². The second kappa shape index (κ2) is 8.07. The maximum absolute atomic E-state index is 5.88. The summed E-state index contributed by atoms with van der Waals surface area (Å²) in [4.78, 5) is 0. The molecular formula is C23H25N5OS. The Kier molecular flexibility index (Phi) is 5.47. The molecule has 154 valence electrons. The minimum atomic E-state index is -0.0472. The van der Waals surface area contributed by atoms with Gasteiger partial charge < -0.3 is 8.98 Å². The fraction of sp³-hybridized carbons (Fsp3) is 0.304. The molecule has 0 amide bonds. The Morgan fingerprint density at radius 1 is 0.867 bits per heavy atom. The van der Waals surface area contributed by atoms with Gasteiger partial charge in [-0.3, -0.25) is 0 Å². The molecule has 6 nitrogen and oxygen atoms in total. The fourth-order valence-corrected chi connectivity index (χ4v) is 3.94. The van der Waals surface area contributed by atoms with Crippen molar-refractivity contribution >= 4 is 11.8 Å². The molecule has 0 aliphatic rings. The van der Waals surface area contributed by atoms with Crippen LogP contribution in [0.25, 0.3) is 22.8 Å². The highest BCUT2D eigenvalue weighted by Crippen LogP contribution is 2.35. The first-order valence-corrected chi connectivity index (χ1v) is 10.8. The van der Waals surface area contributed by atoms with E-state index in [4.69, 9.17) is 4.42 Å². The van der Waals surface area contributed by atoms with Crippen molar-refractivity contribution in [2.45, 2.75) is 43.5 Å². The highest BCUT2D eigenvalue weighted by Gasteiger charge is 2.21. The van der Waals surface area contributed by atoms with Crippen molar-refractivity contribution in [3.05, 3.63) is 66.1 Å². The van der Waals surface area contributed by atoms with Gasteiger partial charge in [-0.1, -0.05) is 75.0 Å². The summed E-state index contributed by atoms with van der Waals surface area (Å²) in [7, 11) is 1.98. The first-order chi connectivity index (χ1) is 14.3. The lowest BCUT2D eigenvalue weighted by Crippen LogP contribution is -2.10. The molecule has 4 rings (SSSR count). The third-order valence-corrected chi connectivity index (χ3v) is 6.06. The van der Waals surface area contributed by atoms with E-state index in [1.165, 1.54) is 5.56 Å². The highest BCUT2D eigenvalue weighted by atomic mass is 32.2. The molecule has 2 aromatic carbocycles. The minimum Gasteiger partial charge on any atom is -0.419 e. The monoisotopic (exact) mass is 419 g/mol. The molecule has 2 aromatic heterocycles. The van der Waals surface area contributed by atoms with E-state index in [9.17, 15) is 0 Å². The summed E-state index contributed by atoms with van der Waals surface area (Å²) >= 11 is 1.55. The zero-order chi connectivity index (χ0) is 21.3.